The molecule has 0 aliphatic carbocycles. The van der Waals surface area contributed by atoms with Gasteiger partial charge in [-0.15, -0.1) is 0 Å². The normalized spacial score (nSPS) is 18.3. The van der Waals surface area contributed by atoms with Crippen molar-refractivity contribution in [2.75, 3.05) is 0 Å². The van der Waals surface area contributed by atoms with Crippen molar-refractivity contribution in [2.45, 2.75) is 52.7 Å². The van der Waals surface area contributed by atoms with E-state index in [1.807, 2.05) is 31.2 Å². The molecule has 4 rings (SSSR count). The third kappa shape index (κ3) is 3.66. The Bertz CT molecular complexity index is 1190. The van der Waals surface area contributed by atoms with Crippen molar-refractivity contribution in [1.29, 1.82) is 0 Å². The van der Waals surface area contributed by atoms with Crippen molar-refractivity contribution >= 4 is 23.3 Å². The van der Waals surface area contributed by atoms with Gasteiger partial charge >= 0.3 is 5.97 Å². The molecule has 1 fully saturated rings. The second kappa shape index (κ2) is 8.39. The molecule has 2 atom stereocenters. The molecule has 2 aromatic heterocycles. The van der Waals surface area contributed by atoms with Crippen LogP contribution in [-0.2, 0) is 0 Å². The maximum Gasteiger partial charge on any atom is 0.335 e. The lowest BCUT2D eigenvalue weighted by Crippen LogP contribution is -2.35. The van der Waals surface area contributed by atoms with E-state index in [1.54, 1.807) is 18.3 Å². The number of benzene rings is 1. The third-order valence-corrected chi connectivity index (χ3v) is 6.51. The first-order chi connectivity index (χ1) is 15.2. The molecular weight excluding hydrogens is 420 g/mol. The Morgan fingerprint density at radius 1 is 1.16 bits per heavy atom. The molecule has 3 heterocycles. The van der Waals surface area contributed by atoms with E-state index in [1.165, 1.54) is 0 Å². The number of aryl methyl sites for hydroxylation is 2. The molecule has 1 saturated heterocycles. The van der Waals surface area contributed by atoms with E-state index in [4.69, 9.17) is 12.2 Å². The van der Waals surface area contributed by atoms with Gasteiger partial charge in [0.1, 0.15) is 0 Å². The number of carbonyl (C=O) groups is 1. The summed E-state index contributed by atoms with van der Waals surface area (Å²) in [7, 11) is 0. The predicted octanol–water partition coefficient (Wildman–Crippen LogP) is 4.88. The average Bonchev–Trinajstić information content (AvgIpc) is 3.24. The molecule has 1 aliphatic heterocycles. The third-order valence-electron chi connectivity index (χ3n) is 6.18. The van der Waals surface area contributed by atoms with Crippen molar-refractivity contribution in [3.8, 4) is 5.69 Å². The highest BCUT2D eigenvalue weighted by atomic mass is 32.1. The molecule has 0 amide bonds. The topological polar surface area (TPSA) is 70.4 Å². The van der Waals surface area contributed by atoms with Crippen LogP contribution in [0.1, 0.15) is 64.5 Å². The lowest BCUT2D eigenvalue weighted by atomic mass is 9.96. The second-order valence-electron chi connectivity index (χ2n) is 8.60. The van der Waals surface area contributed by atoms with Gasteiger partial charge in [-0.05, 0) is 88.3 Å². The maximum absolute atomic E-state index is 11.6. The predicted molar refractivity (Wildman–Crippen MR) is 129 cm³/mol. The smallest absolute Gasteiger partial charge is 0.335 e. The van der Waals surface area contributed by atoms with Gasteiger partial charge in [0, 0.05) is 29.3 Å². The lowest BCUT2D eigenvalue weighted by molar-refractivity contribution is 0.0697. The van der Waals surface area contributed by atoms with Gasteiger partial charge in [-0.3, -0.25) is 4.98 Å². The first-order valence-electron chi connectivity index (χ1n) is 10.7. The minimum Gasteiger partial charge on any atom is -0.478 e. The fourth-order valence-electron chi connectivity index (χ4n) is 4.70. The van der Waals surface area contributed by atoms with Crippen molar-refractivity contribution in [1.82, 2.24) is 19.8 Å². The molecular formula is C25H28N4O2S. The monoisotopic (exact) mass is 448 g/mol. The minimum absolute atomic E-state index is 0.0275. The molecule has 3 aromatic rings. The highest BCUT2D eigenvalue weighted by Gasteiger charge is 2.42. The summed E-state index contributed by atoms with van der Waals surface area (Å²) < 4.78 is 2.15. The summed E-state index contributed by atoms with van der Waals surface area (Å²) in [5.41, 5.74) is 6.38. The fraction of sp³-hybridized carbons (Fsp3) is 0.320. The number of carboxylic acids is 1. The van der Waals surface area contributed by atoms with Crippen LogP contribution in [0.5, 0.6) is 0 Å². The van der Waals surface area contributed by atoms with Crippen LogP contribution in [0.3, 0.4) is 0 Å². The van der Waals surface area contributed by atoms with Crippen LogP contribution >= 0.6 is 12.2 Å². The van der Waals surface area contributed by atoms with Gasteiger partial charge in [0.15, 0.2) is 5.11 Å². The average molecular weight is 449 g/mol. The zero-order valence-electron chi connectivity index (χ0n) is 19.0. The van der Waals surface area contributed by atoms with Crippen LogP contribution in [0.25, 0.3) is 5.69 Å². The standard InChI is InChI=1S/C25H28N4O2S/c1-14(2)28-23(22(27-25(28)32)20-8-6-7-11-26-20)19-12-16(4)29(17(19)5)21-13-18(24(30)31)10-9-15(21)3/h6-14,22-23H,1-5H3,(H,27,32)(H,30,31). The number of pyridine rings is 1. The Labute approximate surface area is 193 Å². The Balaban J connectivity index is 1.88. The molecule has 1 aliphatic rings. The maximum atomic E-state index is 11.6. The molecule has 166 valence electrons. The summed E-state index contributed by atoms with van der Waals surface area (Å²) in [5.74, 6) is -0.930. The number of nitrogens with zero attached hydrogens (tertiary/aromatic N) is 3. The number of hydrogen-bond donors (Lipinski definition) is 2. The summed E-state index contributed by atoms with van der Waals surface area (Å²) >= 11 is 5.73. The molecule has 0 saturated carbocycles. The highest BCUT2D eigenvalue weighted by molar-refractivity contribution is 7.80. The molecule has 7 heteroatoms. The van der Waals surface area contributed by atoms with Crippen LogP contribution in [-0.4, -0.2) is 36.7 Å². The van der Waals surface area contributed by atoms with E-state index in [-0.39, 0.29) is 23.7 Å². The van der Waals surface area contributed by atoms with Crippen LogP contribution in [0, 0.1) is 20.8 Å². The van der Waals surface area contributed by atoms with Gasteiger partial charge in [-0.2, -0.15) is 0 Å². The zero-order valence-corrected chi connectivity index (χ0v) is 19.8. The van der Waals surface area contributed by atoms with Gasteiger partial charge in [-0.1, -0.05) is 12.1 Å². The molecule has 32 heavy (non-hydrogen) atoms. The number of thiocarbonyl (C=S) groups is 1. The van der Waals surface area contributed by atoms with Gasteiger partial charge in [-0.25, -0.2) is 4.79 Å². The van der Waals surface area contributed by atoms with E-state index in [0.29, 0.717) is 0 Å². The van der Waals surface area contributed by atoms with Crippen molar-refractivity contribution in [2.24, 2.45) is 0 Å². The van der Waals surface area contributed by atoms with Crippen LogP contribution in [0.15, 0.2) is 48.7 Å². The first kappa shape index (κ1) is 22.0. The van der Waals surface area contributed by atoms with Gasteiger partial charge in [0.25, 0.3) is 0 Å². The Morgan fingerprint density at radius 3 is 2.53 bits per heavy atom. The highest BCUT2D eigenvalue weighted by Crippen LogP contribution is 2.42. The summed E-state index contributed by atoms with van der Waals surface area (Å²) in [6.07, 6.45) is 1.80. The lowest BCUT2D eigenvalue weighted by Gasteiger charge is -2.31. The number of carboxylic acid groups (broad SMARTS) is 1. The van der Waals surface area contributed by atoms with Crippen LogP contribution < -0.4 is 5.32 Å². The fourth-order valence-corrected chi connectivity index (χ4v) is 5.15. The van der Waals surface area contributed by atoms with Crippen molar-refractivity contribution in [3.05, 3.63) is 82.4 Å². The van der Waals surface area contributed by atoms with E-state index in [0.717, 1.165) is 39.0 Å². The summed E-state index contributed by atoms with van der Waals surface area (Å²) in [6, 6.07) is 13.5. The molecule has 2 N–H and O–H groups in total. The first-order valence-corrected chi connectivity index (χ1v) is 11.1. The second-order valence-corrected chi connectivity index (χ2v) is 8.98. The largest absolute Gasteiger partial charge is 0.478 e. The van der Waals surface area contributed by atoms with Gasteiger partial charge in [0.05, 0.1) is 23.3 Å². The van der Waals surface area contributed by atoms with Gasteiger partial charge < -0.3 is 19.9 Å². The van der Waals surface area contributed by atoms with Crippen molar-refractivity contribution in [3.63, 3.8) is 0 Å². The molecule has 0 bridgehead atoms. The van der Waals surface area contributed by atoms with E-state index in [9.17, 15) is 9.90 Å². The Kier molecular flexibility index (Phi) is 5.77. The van der Waals surface area contributed by atoms with E-state index in [2.05, 4.69) is 53.5 Å². The van der Waals surface area contributed by atoms with Crippen LogP contribution in [0.4, 0.5) is 0 Å². The SMILES string of the molecule is Cc1ccc(C(=O)O)cc1-n1c(C)cc(C2C(c3ccccn3)NC(=S)N2C(C)C)c1C. The summed E-state index contributed by atoms with van der Waals surface area (Å²) in [5, 5.41) is 13.7. The number of hydrogen-bond acceptors (Lipinski definition) is 3. The van der Waals surface area contributed by atoms with E-state index < -0.39 is 5.97 Å². The van der Waals surface area contributed by atoms with Crippen LogP contribution in [0.2, 0.25) is 0 Å². The quantitative estimate of drug-likeness (QED) is 0.543. The minimum atomic E-state index is -0.930. The molecule has 2 unspecified atom stereocenters. The Hall–Kier alpha value is -3.19. The Morgan fingerprint density at radius 2 is 1.91 bits per heavy atom. The molecule has 0 radical (unpaired) electrons. The van der Waals surface area contributed by atoms with E-state index >= 15 is 0 Å². The number of rotatable bonds is 5. The number of aromatic nitrogens is 2. The number of nitrogens with one attached hydrogen (secondary N) is 1. The number of aromatic carboxylic acids is 1. The van der Waals surface area contributed by atoms with Crippen molar-refractivity contribution < 1.29 is 9.90 Å². The zero-order chi connectivity index (χ0) is 23.2. The molecule has 1 aromatic carbocycles. The molecule has 6 nitrogen and oxygen atoms in total. The summed E-state index contributed by atoms with van der Waals surface area (Å²) in [4.78, 5) is 18.4. The summed E-state index contributed by atoms with van der Waals surface area (Å²) in [6.45, 7) is 10.4. The van der Waals surface area contributed by atoms with Gasteiger partial charge in [0.2, 0.25) is 0 Å². The molecule has 0 spiro atoms.